The van der Waals surface area contributed by atoms with Crippen molar-refractivity contribution in [3.8, 4) is 61.8 Å². The first-order valence-electron chi connectivity index (χ1n) is 18.0. The van der Waals surface area contributed by atoms with E-state index in [9.17, 15) is 0 Å². The van der Waals surface area contributed by atoms with Crippen LogP contribution in [0.2, 0.25) is 0 Å². The number of fused-ring (bicyclic) bond motifs is 4. The SMILES string of the molecule is c1ccc(-c2cccc(-c3cc(-c4ccc(-c5ccc(-n6c7ccccc7c7ccccc76)cc5)c5ccccc45)nc(-c4ccccc4)n3)c2)cc1. The van der Waals surface area contributed by atoms with Gasteiger partial charge in [0, 0.05) is 33.2 Å². The molecule has 0 saturated carbocycles. The van der Waals surface area contributed by atoms with Crippen molar-refractivity contribution in [1.82, 2.24) is 14.5 Å². The van der Waals surface area contributed by atoms with Gasteiger partial charge in [0.2, 0.25) is 0 Å². The maximum absolute atomic E-state index is 5.21. The summed E-state index contributed by atoms with van der Waals surface area (Å²) in [5.41, 5.74) is 13.1. The Morgan fingerprint density at radius 1 is 0.302 bits per heavy atom. The van der Waals surface area contributed by atoms with Crippen molar-refractivity contribution in [3.63, 3.8) is 0 Å². The van der Waals surface area contributed by atoms with Gasteiger partial charge in [0.05, 0.1) is 22.4 Å². The summed E-state index contributed by atoms with van der Waals surface area (Å²) in [5, 5.41) is 4.86. The molecule has 0 aliphatic rings. The second kappa shape index (κ2) is 12.9. The predicted octanol–water partition coefficient (Wildman–Crippen LogP) is 13.1. The normalized spacial score (nSPS) is 11.4. The molecule has 0 saturated heterocycles. The van der Waals surface area contributed by atoms with Crippen LogP contribution in [0.3, 0.4) is 0 Å². The van der Waals surface area contributed by atoms with Crippen LogP contribution in [0.15, 0.2) is 200 Å². The Morgan fingerprint density at radius 2 is 0.811 bits per heavy atom. The molecule has 10 aromatic rings. The Morgan fingerprint density at radius 3 is 1.49 bits per heavy atom. The summed E-state index contributed by atoms with van der Waals surface area (Å²) < 4.78 is 2.36. The summed E-state index contributed by atoms with van der Waals surface area (Å²) in [6.07, 6.45) is 0. The fourth-order valence-electron chi connectivity index (χ4n) is 7.70. The Hall–Kier alpha value is -7.10. The summed E-state index contributed by atoms with van der Waals surface area (Å²) in [4.78, 5) is 10.3. The molecule has 0 N–H and O–H groups in total. The minimum atomic E-state index is 0.706. The molecule has 0 aliphatic carbocycles. The third-order valence-electron chi connectivity index (χ3n) is 10.2. The minimum absolute atomic E-state index is 0.706. The van der Waals surface area contributed by atoms with Crippen LogP contribution in [0.1, 0.15) is 0 Å². The highest BCUT2D eigenvalue weighted by molar-refractivity contribution is 6.09. The largest absolute Gasteiger partial charge is 0.309 e. The number of aromatic nitrogens is 3. The van der Waals surface area contributed by atoms with Crippen molar-refractivity contribution in [2.24, 2.45) is 0 Å². The van der Waals surface area contributed by atoms with Gasteiger partial charge >= 0.3 is 0 Å². The molecule has 248 valence electrons. The van der Waals surface area contributed by atoms with Gasteiger partial charge in [-0.15, -0.1) is 0 Å². The van der Waals surface area contributed by atoms with Crippen LogP contribution in [-0.4, -0.2) is 14.5 Å². The maximum atomic E-state index is 5.21. The molecular formula is C50H33N3. The second-order valence-electron chi connectivity index (χ2n) is 13.4. The molecule has 8 aromatic carbocycles. The molecule has 0 unspecified atom stereocenters. The molecule has 2 heterocycles. The minimum Gasteiger partial charge on any atom is -0.309 e. The Labute approximate surface area is 308 Å². The van der Waals surface area contributed by atoms with Gasteiger partial charge in [-0.2, -0.15) is 0 Å². The summed E-state index contributed by atoms with van der Waals surface area (Å²) >= 11 is 0. The van der Waals surface area contributed by atoms with E-state index in [4.69, 9.17) is 9.97 Å². The smallest absolute Gasteiger partial charge is 0.160 e. The molecule has 10 rings (SSSR count). The van der Waals surface area contributed by atoms with Crippen molar-refractivity contribution in [3.05, 3.63) is 200 Å². The van der Waals surface area contributed by atoms with Crippen molar-refractivity contribution in [2.75, 3.05) is 0 Å². The average molecular weight is 676 g/mol. The van der Waals surface area contributed by atoms with Crippen molar-refractivity contribution in [1.29, 1.82) is 0 Å². The van der Waals surface area contributed by atoms with Crippen molar-refractivity contribution >= 4 is 32.6 Å². The van der Waals surface area contributed by atoms with E-state index >= 15 is 0 Å². The van der Waals surface area contributed by atoms with Crippen LogP contribution in [0, 0.1) is 0 Å². The first-order chi connectivity index (χ1) is 26.3. The van der Waals surface area contributed by atoms with Gasteiger partial charge in [-0.25, -0.2) is 9.97 Å². The van der Waals surface area contributed by atoms with E-state index in [-0.39, 0.29) is 0 Å². The molecule has 3 nitrogen and oxygen atoms in total. The summed E-state index contributed by atoms with van der Waals surface area (Å²) in [6.45, 7) is 0. The number of para-hydroxylation sites is 2. The predicted molar refractivity (Wildman–Crippen MR) is 221 cm³/mol. The zero-order valence-corrected chi connectivity index (χ0v) is 28.9. The van der Waals surface area contributed by atoms with Crippen LogP contribution < -0.4 is 0 Å². The maximum Gasteiger partial charge on any atom is 0.160 e. The summed E-state index contributed by atoms with van der Waals surface area (Å²) in [7, 11) is 0. The zero-order chi connectivity index (χ0) is 35.1. The lowest BCUT2D eigenvalue weighted by Gasteiger charge is -2.15. The molecule has 0 amide bonds. The summed E-state index contributed by atoms with van der Waals surface area (Å²) in [5.74, 6) is 0.706. The van der Waals surface area contributed by atoms with E-state index in [0.29, 0.717) is 5.82 Å². The molecule has 0 aliphatic heterocycles. The molecule has 0 spiro atoms. The second-order valence-corrected chi connectivity index (χ2v) is 13.4. The molecule has 0 fully saturated rings. The van der Waals surface area contributed by atoms with E-state index in [1.165, 1.54) is 43.9 Å². The average Bonchev–Trinajstić information content (AvgIpc) is 3.58. The van der Waals surface area contributed by atoms with Gasteiger partial charge in [0.15, 0.2) is 5.82 Å². The van der Waals surface area contributed by atoms with Crippen LogP contribution >= 0.6 is 0 Å². The van der Waals surface area contributed by atoms with E-state index < -0.39 is 0 Å². The standard InChI is InChI=1S/C50H33N3/c1-3-14-34(15-4-1)37-18-13-19-38(32-37)46-33-47(52-50(51-46)36-16-5-2-6-17-36)43-31-30-40(41-20-7-8-21-42(41)43)35-26-28-39(29-27-35)53-48-24-11-9-22-44(48)45-23-10-12-25-49(45)53/h1-33H. The molecular weight excluding hydrogens is 643 g/mol. The van der Waals surface area contributed by atoms with Crippen molar-refractivity contribution < 1.29 is 0 Å². The highest BCUT2D eigenvalue weighted by atomic mass is 15.0. The van der Waals surface area contributed by atoms with Gasteiger partial charge in [-0.1, -0.05) is 164 Å². The Kier molecular flexibility index (Phi) is 7.47. The van der Waals surface area contributed by atoms with E-state index in [1.54, 1.807) is 0 Å². The van der Waals surface area contributed by atoms with Gasteiger partial charge in [-0.3, -0.25) is 0 Å². The molecule has 0 bridgehead atoms. The lowest BCUT2D eigenvalue weighted by molar-refractivity contribution is 1.18. The Balaban J connectivity index is 1.09. The highest BCUT2D eigenvalue weighted by Gasteiger charge is 2.16. The number of benzene rings is 8. The summed E-state index contributed by atoms with van der Waals surface area (Å²) in [6, 6.07) is 70.9. The van der Waals surface area contributed by atoms with E-state index in [1.807, 2.05) is 24.3 Å². The quantitative estimate of drug-likeness (QED) is 0.176. The highest BCUT2D eigenvalue weighted by Crippen LogP contribution is 2.38. The third kappa shape index (κ3) is 5.47. The third-order valence-corrected chi connectivity index (χ3v) is 10.2. The molecule has 0 radical (unpaired) electrons. The number of rotatable bonds is 6. The van der Waals surface area contributed by atoms with Gasteiger partial charge in [-0.05, 0) is 69.4 Å². The lowest BCUT2D eigenvalue weighted by Crippen LogP contribution is -1.97. The lowest BCUT2D eigenvalue weighted by atomic mass is 9.93. The van der Waals surface area contributed by atoms with Crippen LogP contribution in [0.4, 0.5) is 0 Å². The molecule has 3 heteroatoms. The fourth-order valence-corrected chi connectivity index (χ4v) is 7.70. The van der Waals surface area contributed by atoms with E-state index in [0.717, 1.165) is 44.7 Å². The molecule has 0 atom stereocenters. The number of nitrogens with zero attached hydrogens (tertiary/aromatic N) is 3. The topological polar surface area (TPSA) is 30.7 Å². The van der Waals surface area contributed by atoms with Crippen LogP contribution in [0.25, 0.3) is 94.4 Å². The van der Waals surface area contributed by atoms with E-state index in [2.05, 4.69) is 180 Å². The molecule has 53 heavy (non-hydrogen) atoms. The van der Waals surface area contributed by atoms with Crippen molar-refractivity contribution in [2.45, 2.75) is 0 Å². The van der Waals surface area contributed by atoms with Gasteiger partial charge in [0.25, 0.3) is 0 Å². The molecule has 2 aromatic heterocycles. The Bertz CT molecular complexity index is 2870. The first-order valence-corrected chi connectivity index (χ1v) is 18.0. The van der Waals surface area contributed by atoms with Gasteiger partial charge in [0.1, 0.15) is 0 Å². The van der Waals surface area contributed by atoms with Gasteiger partial charge < -0.3 is 4.57 Å². The fraction of sp³-hybridized carbons (Fsp3) is 0. The van der Waals surface area contributed by atoms with Crippen LogP contribution in [0.5, 0.6) is 0 Å². The number of hydrogen-bond acceptors (Lipinski definition) is 2. The first kappa shape index (κ1) is 30.7. The zero-order valence-electron chi connectivity index (χ0n) is 28.9. The number of hydrogen-bond donors (Lipinski definition) is 0. The van der Waals surface area contributed by atoms with Crippen LogP contribution in [-0.2, 0) is 0 Å². The monoisotopic (exact) mass is 675 g/mol.